The first-order chi connectivity index (χ1) is 13.4. The number of aldehydes is 1. The third-order valence-corrected chi connectivity index (χ3v) is 4.23. The Kier molecular flexibility index (Phi) is 61.7. The van der Waals surface area contributed by atoms with E-state index in [9.17, 15) is 4.79 Å². The number of carbonyl (C=O) groups excluding carboxylic acids is 1. The van der Waals surface area contributed by atoms with E-state index in [-0.39, 0.29) is 74.9 Å². The van der Waals surface area contributed by atoms with Crippen LogP contribution in [-0.4, -0.2) is 21.2 Å². The van der Waals surface area contributed by atoms with Crippen molar-refractivity contribution in [1.82, 2.24) is 15.0 Å². The van der Waals surface area contributed by atoms with Crippen LogP contribution in [0.5, 0.6) is 0 Å². The van der Waals surface area contributed by atoms with E-state index in [1.54, 1.807) is 24.3 Å². The fraction of sp³-hybridized carbons (Fsp3) is 0.320. The van der Waals surface area contributed by atoms with E-state index in [4.69, 9.17) is 0 Å². The van der Waals surface area contributed by atoms with Crippen molar-refractivity contribution in [2.24, 2.45) is 0 Å². The number of nitrogens with zero attached hydrogens (tertiary/aromatic N) is 3. The minimum Gasteiger partial charge on any atom is -0.380 e. The number of hydrogen-bond donors (Lipinski definition) is 0. The minimum absolute atomic E-state index is 0. The van der Waals surface area contributed by atoms with Gasteiger partial charge in [0.25, 0.3) is 0 Å². The zero-order chi connectivity index (χ0) is 21.2. The molecular formula is C25H39Br4Li2N3O. The summed E-state index contributed by atoms with van der Waals surface area (Å²) in [7, 11) is 0. The van der Waals surface area contributed by atoms with Crippen LogP contribution in [0, 0.1) is 13.1 Å². The molecule has 0 aliphatic carbocycles. The van der Waals surface area contributed by atoms with Gasteiger partial charge in [-0.2, -0.15) is 18.6 Å². The van der Waals surface area contributed by atoms with Gasteiger partial charge in [0.05, 0.1) is 0 Å². The molecular weight excluding hydrogens is 692 g/mol. The van der Waals surface area contributed by atoms with Crippen LogP contribution in [0.25, 0.3) is 0 Å². The van der Waals surface area contributed by atoms with Crippen LogP contribution in [0.15, 0.2) is 73.0 Å². The molecule has 0 radical (unpaired) electrons. The molecule has 0 aliphatic heterocycles. The van der Waals surface area contributed by atoms with Gasteiger partial charge in [-0.25, -0.2) is 9.97 Å². The number of pyridine rings is 3. The molecule has 0 saturated carbocycles. The first-order valence-corrected chi connectivity index (χ1v) is 11.2. The largest absolute Gasteiger partial charge is 1.00 e. The molecule has 3 aromatic rings. The Balaban J connectivity index is -0.0000000445. The van der Waals surface area contributed by atoms with E-state index < -0.39 is 0 Å². The Hall–Kier alpha value is 0.235. The zero-order valence-corrected chi connectivity index (χ0v) is 23.5. The van der Waals surface area contributed by atoms with E-state index >= 15 is 0 Å². The van der Waals surface area contributed by atoms with Crippen LogP contribution >= 0.6 is 63.7 Å². The Morgan fingerprint density at radius 3 is 1.37 bits per heavy atom. The molecule has 3 heterocycles. The Morgan fingerprint density at radius 1 is 0.771 bits per heavy atom. The van der Waals surface area contributed by atoms with Gasteiger partial charge in [0.1, 0.15) is 19.5 Å². The summed E-state index contributed by atoms with van der Waals surface area (Å²) in [6.07, 6.45) is 5.65. The number of carbonyl (C=O) groups is 1. The first-order valence-electron chi connectivity index (χ1n) is 8.06. The second kappa shape index (κ2) is 38.8. The molecule has 35 heavy (non-hydrogen) atoms. The third-order valence-electron chi connectivity index (χ3n) is 2.47. The summed E-state index contributed by atoms with van der Waals surface area (Å²) in [6.45, 7) is 5.72. The van der Waals surface area contributed by atoms with Crippen molar-refractivity contribution in [3.63, 3.8) is 0 Å². The van der Waals surface area contributed by atoms with E-state index in [1.807, 2.05) is 30.3 Å². The quantitative estimate of drug-likeness (QED) is 0.166. The predicted octanol–water partition coefficient (Wildman–Crippen LogP) is 4.72. The van der Waals surface area contributed by atoms with Gasteiger partial charge in [-0.05, 0) is 76.7 Å². The van der Waals surface area contributed by atoms with Gasteiger partial charge in [0, 0.05) is 0 Å². The Labute approximate surface area is 273 Å². The van der Waals surface area contributed by atoms with Gasteiger partial charge < -0.3 is 11.9 Å². The topological polar surface area (TPSA) is 55.7 Å². The van der Waals surface area contributed by atoms with Crippen LogP contribution in [0.3, 0.4) is 0 Å². The third kappa shape index (κ3) is 36.5. The summed E-state index contributed by atoms with van der Waals surface area (Å²) in [4.78, 5) is 21.7. The molecule has 0 spiro atoms. The SMILES string of the molecule is Brc1ccc[c-]n1.Brc1cccc(Br)n1.C.C.C.C.C.O=Cc1cccc(Br)n1.[CH2-]CCC.[Li+].[Li+]. The van der Waals surface area contributed by atoms with Crippen LogP contribution < -0.4 is 37.7 Å². The van der Waals surface area contributed by atoms with Crippen molar-refractivity contribution < 1.29 is 42.5 Å². The second-order valence-corrected chi connectivity index (χ2v) is 7.98. The maximum Gasteiger partial charge on any atom is 1.00 e. The van der Waals surface area contributed by atoms with Crippen molar-refractivity contribution in [2.75, 3.05) is 0 Å². The Morgan fingerprint density at radius 2 is 1.17 bits per heavy atom. The van der Waals surface area contributed by atoms with E-state index in [1.165, 1.54) is 6.42 Å². The van der Waals surface area contributed by atoms with E-state index in [0.717, 1.165) is 20.2 Å². The molecule has 0 aliphatic rings. The smallest absolute Gasteiger partial charge is 0.380 e. The fourth-order valence-corrected chi connectivity index (χ4v) is 2.72. The summed E-state index contributed by atoms with van der Waals surface area (Å²) in [5.74, 6) is 0. The van der Waals surface area contributed by atoms with Crippen molar-refractivity contribution in [3.05, 3.63) is 91.8 Å². The van der Waals surface area contributed by atoms with Crippen molar-refractivity contribution in [2.45, 2.75) is 56.9 Å². The standard InChI is InChI=1S/C6H4BrNO.C5H3Br2N.C5H3BrN.C4H9.5CH4.2Li/c7-6-3-1-2-5(4-9)8-6;6-4-2-1-3-5(7)8-4;6-5-3-1-2-4-7-5;1-3-4-2;;;;;;;/h1-4H;1-3H;1-3H;1,3-4H2,2H3;5*1H4;;/q;;2*-1;;;;;;2*+1. The van der Waals surface area contributed by atoms with Gasteiger partial charge in [-0.1, -0.05) is 68.8 Å². The van der Waals surface area contributed by atoms with Crippen LogP contribution in [0.1, 0.15) is 67.4 Å². The van der Waals surface area contributed by atoms with Gasteiger partial charge in [-0.3, -0.25) is 4.79 Å². The fourth-order valence-electron chi connectivity index (χ4n) is 1.18. The molecule has 0 aromatic carbocycles. The van der Waals surface area contributed by atoms with Crippen molar-refractivity contribution >= 4 is 70.0 Å². The number of rotatable bonds is 2. The summed E-state index contributed by atoms with van der Waals surface area (Å²) < 4.78 is 3.22. The maximum absolute atomic E-state index is 10.1. The molecule has 0 unspecified atom stereocenters. The Bertz CT molecular complexity index is 783. The molecule has 0 amide bonds. The maximum atomic E-state index is 10.1. The second-order valence-electron chi connectivity index (χ2n) is 4.73. The number of halogens is 4. The van der Waals surface area contributed by atoms with Crippen molar-refractivity contribution in [3.8, 4) is 0 Å². The van der Waals surface area contributed by atoms with Crippen LogP contribution in [0.4, 0.5) is 0 Å². The van der Waals surface area contributed by atoms with E-state index in [0.29, 0.717) is 16.6 Å². The van der Waals surface area contributed by atoms with Gasteiger partial charge in [0.2, 0.25) is 0 Å². The molecule has 0 N–H and O–H groups in total. The van der Waals surface area contributed by atoms with E-state index in [2.05, 4.69) is 98.7 Å². The number of unbranched alkanes of at least 4 members (excludes halogenated alkanes) is 1. The van der Waals surface area contributed by atoms with Gasteiger partial charge in [-0.15, -0.1) is 22.0 Å². The summed E-state index contributed by atoms with van der Waals surface area (Å²) in [5, 5.41) is 0. The molecule has 0 fully saturated rings. The average Bonchev–Trinajstić information content (AvgIpc) is 2.69. The molecule has 0 bridgehead atoms. The monoisotopic (exact) mass is 727 g/mol. The number of aromatic nitrogens is 3. The molecule has 190 valence electrons. The molecule has 3 aromatic heterocycles. The first kappa shape index (κ1) is 55.7. The molecule has 4 nitrogen and oxygen atoms in total. The molecule has 0 saturated heterocycles. The van der Waals surface area contributed by atoms with Crippen molar-refractivity contribution in [1.29, 1.82) is 0 Å². The average molecular weight is 731 g/mol. The summed E-state index contributed by atoms with van der Waals surface area (Å²) >= 11 is 12.7. The van der Waals surface area contributed by atoms with Gasteiger partial charge in [0.15, 0.2) is 6.29 Å². The molecule has 0 atom stereocenters. The van der Waals surface area contributed by atoms with Gasteiger partial charge >= 0.3 is 37.7 Å². The predicted molar refractivity (Wildman–Crippen MR) is 162 cm³/mol. The number of hydrogen-bond acceptors (Lipinski definition) is 4. The molecule has 3 rings (SSSR count). The summed E-state index contributed by atoms with van der Waals surface area (Å²) in [6, 6.07) is 16.3. The zero-order valence-electron chi connectivity index (χ0n) is 17.2. The van der Waals surface area contributed by atoms with Crippen LogP contribution in [-0.2, 0) is 0 Å². The summed E-state index contributed by atoms with van der Waals surface area (Å²) in [5.41, 5.74) is 0.448. The minimum atomic E-state index is 0. The normalized spacial score (nSPS) is 7.03. The molecule has 10 heteroatoms. The van der Waals surface area contributed by atoms with Crippen LogP contribution in [0.2, 0.25) is 0 Å².